The van der Waals surface area contributed by atoms with Crippen LogP contribution < -0.4 is 4.90 Å². The van der Waals surface area contributed by atoms with Gasteiger partial charge in [-0.05, 0) is 49.9 Å². The lowest BCUT2D eigenvalue weighted by Crippen LogP contribution is -2.30. The molecule has 4 nitrogen and oxygen atoms in total. The lowest BCUT2D eigenvalue weighted by molar-refractivity contribution is 0.0363. The van der Waals surface area contributed by atoms with E-state index < -0.39 is 0 Å². The zero-order valence-electron chi connectivity index (χ0n) is 14.0. The van der Waals surface area contributed by atoms with Crippen molar-refractivity contribution in [3.63, 3.8) is 0 Å². The molecule has 1 aliphatic rings. The van der Waals surface area contributed by atoms with Crippen molar-refractivity contribution in [2.24, 2.45) is 5.41 Å². The van der Waals surface area contributed by atoms with Crippen molar-refractivity contribution in [2.45, 2.75) is 32.2 Å². The summed E-state index contributed by atoms with van der Waals surface area (Å²) in [5.74, 6) is 0.958. The minimum absolute atomic E-state index is 0.203. The first kappa shape index (κ1) is 16.6. The van der Waals surface area contributed by atoms with Gasteiger partial charge in [0, 0.05) is 25.4 Å². The lowest BCUT2D eigenvalue weighted by atomic mass is 9.78. The van der Waals surface area contributed by atoms with Crippen molar-refractivity contribution in [1.82, 2.24) is 0 Å². The molecule has 0 aliphatic carbocycles. The van der Waals surface area contributed by atoms with Crippen molar-refractivity contribution in [3.05, 3.63) is 54.5 Å². The standard InChI is InChI=1S/C20H24N2O2/c21-17-20(10-14-23-15-11-20)9-5-12-22(16-19-8-4-13-24-19)18-6-2-1-3-7-18/h1-4,6-8,13H,5,9-12,14-16H2. The van der Waals surface area contributed by atoms with Gasteiger partial charge in [0.1, 0.15) is 5.76 Å². The number of rotatable bonds is 7. The predicted octanol–water partition coefficient (Wildman–Crippen LogP) is 4.39. The number of para-hydroxylation sites is 1. The first-order valence-electron chi connectivity index (χ1n) is 8.63. The van der Waals surface area contributed by atoms with Gasteiger partial charge in [0.25, 0.3) is 0 Å². The van der Waals surface area contributed by atoms with Gasteiger partial charge in [0.2, 0.25) is 0 Å². The quantitative estimate of drug-likeness (QED) is 0.758. The molecule has 0 atom stereocenters. The van der Waals surface area contributed by atoms with Crippen LogP contribution >= 0.6 is 0 Å². The van der Waals surface area contributed by atoms with E-state index in [4.69, 9.17) is 9.15 Å². The molecule has 0 N–H and O–H groups in total. The van der Waals surface area contributed by atoms with E-state index >= 15 is 0 Å². The third kappa shape index (κ3) is 4.18. The van der Waals surface area contributed by atoms with Gasteiger partial charge in [-0.2, -0.15) is 5.26 Å². The fraction of sp³-hybridized carbons (Fsp3) is 0.450. The largest absolute Gasteiger partial charge is 0.467 e. The van der Waals surface area contributed by atoms with Crippen LogP contribution in [-0.4, -0.2) is 19.8 Å². The monoisotopic (exact) mass is 324 g/mol. The zero-order valence-corrected chi connectivity index (χ0v) is 14.0. The van der Waals surface area contributed by atoms with Crippen molar-refractivity contribution in [2.75, 3.05) is 24.7 Å². The third-order valence-electron chi connectivity index (χ3n) is 4.82. The number of nitrogens with zero attached hydrogens (tertiary/aromatic N) is 2. The van der Waals surface area contributed by atoms with Crippen LogP contribution in [0.25, 0.3) is 0 Å². The molecule has 24 heavy (non-hydrogen) atoms. The Hall–Kier alpha value is -2.25. The van der Waals surface area contributed by atoms with Gasteiger partial charge in [-0.3, -0.25) is 0 Å². The van der Waals surface area contributed by atoms with Crippen molar-refractivity contribution in [1.29, 1.82) is 5.26 Å². The normalized spacial score (nSPS) is 16.5. The summed E-state index contributed by atoms with van der Waals surface area (Å²) in [6.45, 7) is 3.08. The number of furan rings is 1. The van der Waals surface area contributed by atoms with E-state index in [2.05, 4.69) is 35.2 Å². The van der Waals surface area contributed by atoms with E-state index in [0.717, 1.165) is 44.5 Å². The molecular formula is C20H24N2O2. The summed E-state index contributed by atoms with van der Waals surface area (Å²) in [6, 6.07) is 16.9. The molecule has 1 fully saturated rings. The first-order valence-corrected chi connectivity index (χ1v) is 8.63. The number of anilines is 1. The molecule has 126 valence electrons. The lowest BCUT2D eigenvalue weighted by Gasteiger charge is -2.32. The summed E-state index contributed by atoms with van der Waals surface area (Å²) < 4.78 is 10.9. The maximum atomic E-state index is 9.60. The number of nitriles is 1. The van der Waals surface area contributed by atoms with Crippen LogP contribution in [0.4, 0.5) is 5.69 Å². The molecule has 0 spiro atoms. The van der Waals surface area contributed by atoms with Gasteiger partial charge in [-0.25, -0.2) is 0 Å². The Bertz CT molecular complexity index is 640. The van der Waals surface area contributed by atoms with Crippen LogP contribution in [0.1, 0.15) is 31.4 Å². The highest BCUT2D eigenvalue weighted by atomic mass is 16.5. The number of hydrogen-bond donors (Lipinski definition) is 0. The van der Waals surface area contributed by atoms with Gasteiger partial charge in [0.15, 0.2) is 0 Å². The molecule has 0 saturated carbocycles. The van der Waals surface area contributed by atoms with E-state index in [1.54, 1.807) is 6.26 Å². The molecule has 4 heteroatoms. The van der Waals surface area contributed by atoms with Crippen molar-refractivity contribution in [3.8, 4) is 6.07 Å². The fourth-order valence-electron chi connectivity index (χ4n) is 3.32. The predicted molar refractivity (Wildman–Crippen MR) is 93.5 cm³/mol. The SMILES string of the molecule is N#CC1(CCCN(Cc2ccco2)c2ccccc2)CCOCC1. The third-order valence-corrected chi connectivity index (χ3v) is 4.82. The van der Waals surface area contributed by atoms with E-state index in [1.165, 1.54) is 5.69 Å². The average Bonchev–Trinajstić information content (AvgIpc) is 3.15. The Morgan fingerprint density at radius 2 is 1.88 bits per heavy atom. The fourth-order valence-corrected chi connectivity index (χ4v) is 3.32. The Morgan fingerprint density at radius 3 is 2.54 bits per heavy atom. The van der Waals surface area contributed by atoms with Crippen molar-refractivity contribution < 1.29 is 9.15 Å². The number of benzene rings is 1. The van der Waals surface area contributed by atoms with E-state index in [1.807, 2.05) is 18.2 Å². The second-order valence-electron chi connectivity index (χ2n) is 6.44. The second-order valence-corrected chi connectivity index (χ2v) is 6.44. The summed E-state index contributed by atoms with van der Waals surface area (Å²) in [5.41, 5.74) is 0.984. The zero-order chi connectivity index (χ0) is 16.7. The van der Waals surface area contributed by atoms with Crippen LogP contribution in [-0.2, 0) is 11.3 Å². The second kappa shape index (κ2) is 8.03. The van der Waals surface area contributed by atoms with E-state index in [-0.39, 0.29) is 5.41 Å². The Balaban J connectivity index is 1.62. The number of hydrogen-bond acceptors (Lipinski definition) is 4. The maximum Gasteiger partial charge on any atom is 0.123 e. The maximum absolute atomic E-state index is 9.60. The first-order chi connectivity index (χ1) is 11.8. The van der Waals surface area contributed by atoms with Gasteiger partial charge >= 0.3 is 0 Å². The van der Waals surface area contributed by atoms with Crippen LogP contribution in [0, 0.1) is 16.7 Å². The Labute approximate surface area is 143 Å². The molecule has 0 unspecified atom stereocenters. The average molecular weight is 324 g/mol. The molecule has 0 radical (unpaired) electrons. The summed E-state index contributed by atoms with van der Waals surface area (Å²) >= 11 is 0. The van der Waals surface area contributed by atoms with Gasteiger partial charge in [-0.15, -0.1) is 0 Å². The van der Waals surface area contributed by atoms with Gasteiger partial charge in [0.05, 0.1) is 24.3 Å². The molecule has 1 aromatic heterocycles. The summed E-state index contributed by atoms with van der Waals surface area (Å²) in [5, 5.41) is 9.60. The van der Waals surface area contributed by atoms with Crippen LogP contribution in [0.5, 0.6) is 0 Å². The van der Waals surface area contributed by atoms with Gasteiger partial charge < -0.3 is 14.1 Å². The smallest absolute Gasteiger partial charge is 0.123 e. The molecule has 1 aliphatic heterocycles. The highest BCUT2D eigenvalue weighted by molar-refractivity contribution is 5.46. The highest BCUT2D eigenvalue weighted by Crippen LogP contribution is 2.34. The Kier molecular flexibility index (Phi) is 5.55. The molecule has 0 bridgehead atoms. The highest BCUT2D eigenvalue weighted by Gasteiger charge is 2.32. The Morgan fingerprint density at radius 1 is 1.08 bits per heavy atom. The molecule has 1 saturated heterocycles. The summed E-state index contributed by atoms with van der Waals surface area (Å²) in [7, 11) is 0. The van der Waals surface area contributed by atoms with Crippen molar-refractivity contribution >= 4 is 5.69 Å². The minimum Gasteiger partial charge on any atom is -0.467 e. The van der Waals surface area contributed by atoms with Gasteiger partial charge in [-0.1, -0.05) is 18.2 Å². The molecule has 2 heterocycles. The minimum atomic E-state index is -0.203. The number of ether oxygens (including phenoxy) is 1. The van der Waals surface area contributed by atoms with Crippen LogP contribution in [0.3, 0.4) is 0 Å². The van der Waals surface area contributed by atoms with Crippen LogP contribution in [0.15, 0.2) is 53.1 Å². The topological polar surface area (TPSA) is 49.4 Å². The molecular weight excluding hydrogens is 300 g/mol. The van der Waals surface area contributed by atoms with E-state index in [9.17, 15) is 5.26 Å². The van der Waals surface area contributed by atoms with Crippen LogP contribution in [0.2, 0.25) is 0 Å². The van der Waals surface area contributed by atoms with E-state index in [0.29, 0.717) is 13.2 Å². The molecule has 3 rings (SSSR count). The summed E-state index contributed by atoms with van der Waals surface area (Å²) in [6.07, 6.45) is 5.34. The molecule has 2 aromatic rings. The molecule has 0 amide bonds. The summed E-state index contributed by atoms with van der Waals surface area (Å²) in [4.78, 5) is 2.32. The molecule has 1 aromatic carbocycles.